The molecule has 2 nitrogen and oxygen atoms in total. The van der Waals surface area contributed by atoms with E-state index in [9.17, 15) is 13.2 Å². The second kappa shape index (κ2) is 5.37. The Kier molecular flexibility index (Phi) is 5.24. The molecule has 0 heterocycles. The summed E-state index contributed by atoms with van der Waals surface area (Å²) < 4.78 is 34.9. The van der Waals surface area contributed by atoms with Crippen LogP contribution in [0.1, 0.15) is 26.2 Å². The van der Waals surface area contributed by atoms with Crippen LogP contribution in [0.15, 0.2) is 0 Å². The van der Waals surface area contributed by atoms with Gasteiger partial charge in [-0.25, -0.2) is 5.48 Å². The molecule has 74 valence electrons. The molecule has 0 spiro atoms. The highest BCUT2D eigenvalue weighted by atomic mass is 19.4. The number of halogens is 3. The smallest absolute Gasteiger partial charge is 0.305 e. The maximum atomic E-state index is 11.6. The highest BCUT2D eigenvalue weighted by Gasteiger charge is 2.26. The Balaban J connectivity index is 3.31. The maximum Gasteiger partial charge on any atom is 0.389 e. The summed E-state index contributed by atoms with van der Waals surface area (Å²) in [5.41, 5.74) is 2.56. The van der Waals surface area contributed by atoms with E-state index < -0.39 is 12.6 Å². The van der Waals surface area contributed by atoms with Crippen LogP contribution in [0.3, 0.4) is 0 Å². The van der Waals surface area contributed by atoms with Crippen LogP contribution in [0.5, 0.6) is 0 Å². The van der Waals surface area contributed by atoms with Gasteiger partial charge in [0.1, 0.15) is 0 Å². The zero-order valence-electron chi connectivity index (χ0n) is 7.24. The van der Waals surface area contributed by atoms with Gasteiger partial charge in [0, 0.05) is 12.5 Å². The van der Waals surface area contributed by atoms with Gasteiger partial charge in [-0.2, -0.15) is 13.2 Å². The first-order valence-corrected chi connectivity index (χ1v) is 3.81. The van der Waals surface area contributed by atoms with Crippen molar-refractivity contribution in [1.29, 1.82) is 0 Å². The third-order valence-electron chi connectivity index (χ3n) is 1.42. The van der Waals surface area contributed by atoms with Crippen LogP contribution in [0, 0.1) is 0 Å². The first kappa shape index (κ1) is 11.7. The molecular formula is C7H14F3NO. The van der Waals surface area contributed by atoms with Crippen molar-refractivity contribution in [3.8, 4) is 0 Å². The van der Waals surface area contributed by atoms with Crippen molar-refractivity contribution in [2.75, 3.05) is 7.11 Å². The zero-order valence-corrected chi connectivity index (χ0v) is 7.24. The molecule has 0 aromatic rings. The average molecular weight is 185 g/mol. The lowest BCUT2D eigenvalue weighted by atomic mass is 10.1. The molecule has 0 rings (SSSR count). The lowest BCUT2D eigenvalue weighted by Crippen LogP contribution is -2.25. The number of hydrogen-bond donors (Lipinski definition) is 1. The molecule has 0 aliphatic carbocycles. The molecule has 0 aromatic heterocycles. The highest BCUT2D eigenvalue weighted by Crippen LogP contribution is 2.22. The lowest BCUT2D eigenvalue weighted by molar-refractivity contribution is -0.136. The van der Waals surface area contributed by atoms with E-state index in [1.165, 1.54) is 7.11 Å². The summed E-state index contributed by atoms with van der Waals surface area (Å²) in [5, 5.41) is 0. The maximum absolute atomic E-state index is 11.6. The van der Waals surface area contributed by atoms with Crippen LogP contribution < -0.4 is 5.48 Å². The molecule has 1 atom stereocenters. The molecular weight excluding hydrogens is 171 g/mol. The predicted molar refractivity (Wildman–Crippen MR) is 39.5 cm³/mol. The van der Waals surface area contributed by atoms with Crippen LogP contribution in [-0.4, -0.2) is 19.3 Å². The Morgan fingerprint density at radius 3 is 2.42 bits per heavy atom. The van der Waals surface area contributed by atoms with E-state index in [-0.39, 0.29) is 12.5 Å². The fourth-order valence-electron chi connectivity index (χ4n) is 0.869. The van der Waals surface area contributed by atoms with E-state index >= 15 is 0 Å². The van der Waals surface area contributed by atoms with Gasteiger partial charge in [-0.15, -0.1) is 0 Å². The number of hydrogen-bond acceptors (Lipinski definition) is 2. The van der Waals surface area contributed by atoms with E-state index in [2.05, 4.69) is 10.3 Å². The summed E-state index contributed by atoms with van der Waals surface area (Å²) in [6.07, 6.45) is -4.15. The van der Waals surface area contributed by atoms with Gasteiger partial charge in [-0.1, -0.05) is 0 Å². The molecule has 1 N–H and O–H groups in total. The molecule has 0 aliphatic rings. The van der Waals surface area contributed by atoms with E-state index in [4.69, 9.17) is 0 Å². The quantitative estimate of drug-likeness (QED) is 0.663. The third kappa shape index (κ3) is 7.81. The SMILES string of the molecule is CONC(C)CCCC(F)(F)F. The molecule has 0 aromatic carbocycles. The predicted octanol–water partition coefficient (Wildman–Crippen LogP) is 2.26. The van der Waals surface area contributed by atoms with Gasteiger partial charge in [-0.3, -0.25) is 0 Å². The standard InChI is InChI=1S/C7H14F3NO/c1-6(11-12-2)4-3-5-7(8,9)10/h6,11H,3-5H2,1-2H3. The summed E-state index contributed by atoms with van der Waals surface area (Å²) in [7, 11) is 1.44. The second-order valence-electron chi connectivity index (χ2n) is 2.73. The lowest BCUT2D eigenvalue weighted by Gasteiger charge is -2.11. The van der Waals surface area contributed by atoms with E-state index in [0.717, 1.165) is 0 Å². The molecule has 0 bridgehead atoms. The van der Waals surface area contributed by atoms with Crippen LogP contribution in [-0.2, 0) is 4.84 Å². The second-order valence-corrected chi connectivity index (χ2v) is 2.73. The minimum atomic E-state index is -4.03. The first-order valence-electron chi connectivity index (χ1n) is 3.81. The van der Waals surface area contributed by atoms with Crippen LogP contribution in [0.25, 0.3) is 0 Å². The Bertz CT molecular complexity index is 116. The number of rotatable bonds is 5. The monoisotopic (exact) mass is 185 g/mol. The van der Waals surface area contributed by atoms with Crippen molar-refractivity contribution in [3.05, 3.63) is 0 Å². The summed E-state index contributed by atoms with van der Waals surface area (Å²) >= 11 is 0. The normalized spacial score (nSPS) is 14.8. The number of hydroxylamine groups is 1. The average Bonchev–Trinajstić information content (AvgIpc) is 1.84. The molecule has 0 amide bonds. The first-order chi connectivity index (χ1) is 5.45. The zero-order chi connectivity index (χ0) is 9.61. The van der Waals surface area contributed by atoms with Crippen molar-refractivity contribution in [3.63, 3.8) is 0 Å². The van der Waals surface area contributed by atoms with Gasteiger partial charge in [0.2, 0.25) is 0 Å². The Labute approximate surface area is 70.0 Å². The molecule has 0 saturated carbocycles. The summed E-state index contributed by atoms with van der Waals surface area (Å²) in [5.74, 6) is 0. The van der Waals surface area contributed by atoms with E-state index in [1.54, 1.807) is 6.92 Å². The molecule has 1 unspecified atom stereocenters. The van der Waals surface area contributed by atoms with Gasteiger partial charge in [0.15, 0.2) is 0 Å². The Morgan fingerprint density at radius 2 is 2.00 bits per heavy atom. The van der Waals surface area contributed by atoms with Crippen molar-refractivity contribution in [2.45, 2.75) is 38.4 Å². The van der Waals surface area contributed by atoms with Crippen molar-refractivity contribution >= 4 is 0 Å². The van der Waals surface area contributed by atoms with E-state index in [0.29, 0.717) is 6.42 Å². The third-order valence-corrected chi connectivity index (χ3v) is 1.42. The molecule has 5 heteroatoms. The fraction of sp³-hybridized carbons (Fsp3) is 1.00. The molecule has 0 aliphatic heterocycles. The summed E-state index contributed by atoms with van der Waals surface area (Å²) in [6, 6.07) is -0.0302. The number of alkyl halides is 3. The Morgan fingerprint density at radius 1 is 1.42 bits per heavy atom. The van der Waals surface area contributed by atoms with Gasteiger partial charge < -0.3 is 4.84 Å². The topological polar surface area (TPSA) is 21.3 Å². The molecule has 12 heavy (non-hydrogen) atoms. The Hall–Kier alpha value is -0.290. The number of nitrogens with one attached hydrogen (secondary N) is 1. The molecule has 0 fully saturated rings. The van der Waals surface area contributed by atoms with Gasteiger partial charge >= 0.3 is 6.18 Å². The van der Waals surface area contributed by atoms with Crippen molar-refractivity contribution < 1.29 is 18.0 Å². The fourth-order valence-corrected chi connectivity index (χ4v) is 0.869. The molecule has 0 saturated heterocycles. The minimum Gasteiger partial charge on any atom is -0.305 e. The van der Waals surface area contributed by atoms with Crippen LogP contribution >= 0.6 is 0 Å². The van der Waals surface area contributed by atoms with Gasteiger partial charge in [-0.05, 0) is 19.8 Å². The van der Waals surface area contributed by atoms with Gasteiger partial charge in [0.05, 0.1) is 7.11 Å². The molecule has 0 radical (unpaired) electrons. The highest BCUT2D eigenvalue weighted by molar-refractivity contribution is 4.57. The summed E-state index contributed by atoms with van der Waals surface area (Å²) in [6.45, 7) is 1.78. The largest absolute Gasteiger partial charge is 0.389 e. The van der Waals surface area contributed by atoms with Gasteiger partial charge in [0.25, 0.3) is 0 Å². The summed E-state index contributed by atoms with van der Waals surface area (Å²) in [4.78, 5) is 4.56. The van der Waals surface area contributed by atoms with Crippen LogP contribution in [0.4, 0.5) is 13.2 Å². The van der Waals surface area contributed by atoms with Crippen molar-refractivity contribution in [1.82, 2.24) is 5.48 Å². The van der Waals surface area contributed by atoms with E-state index in [1.807, 2.05) is 0 Å². The van der Waals surface area contributed by atoms with Crippen LogP contribution in [0.2, 0.25) is 0 Å². The van der Waals surface area contributed by atoms with Crippen molar-refractivity contribution in [2.24, 2.45) is 0 Å². The minimum absolute atomic E-state index is 0.0302.